The highest BCUT2D eigenvalue weighted by molar-refractivity contribution is 5.88. The topological polar surface area (TPSA) is 119 Å². The van der Waals surface area contributed by atoms with Crippen molar-refractivity contribution >= 4 is 16.9 Å². The minimum Gasteiger partial charge on any atom is -0.391 e. The average molecular weight is 319 g/mol. The third-order valence-corrected chi connectivity index (χ3v) is 3.38. The van der Waals surface area contributed by atoms with Crippen molar-refractivity contribution < 1.29 is 28.1 Å². The van der Waals surface area contributed by atoms with Crippen LogP contribution in [0.5, 0.6) is 0 Å². The summed E-state index contributed by atoms with van der Waals surface area (Å²) in [6.45, 7) is -0.00974. The smallest absolute Gasteiger partial charge is 0.391 e. The van der Waals surface area contributed by atoms with Gasteiger partial charge in [0.25, 0.3) is 0 Å². The molecule has 0 aliphatic carbocycles. The highest BCUT2D eigenvalue weighted by Gasteiger charge is 2.41. The molecule has 1 aliphatic heterocycles. The molecule has 1 fully saturated rings. The molecule has 0 spiro atoms. The van der Waals surface area contributed by atoms with Crippen molar-refractivity contribution in [2.24, 2.45) is 0 Å². The number of nitrogen functional groups attached to an aromatic ring is 1. The summed E-state index contributed by atoms with van der Waals surface area (Å²) in [6.07, 6.45) is -6.95. The molecular weight excluding hydrogens is 307 g/mol. The average Bonchev–Trinajstić information content (AvgIpc) is 3.02. The van der Waals surface area contributed by atoms with Crippen LogP contribution in [0.3, 0.4) is 0 Å². The van der Waals surface area contributed by atoms with E-state index in [1.807, 2.05) is 0 Å². The molecule has 0 radical (unpaired) electrons. The molecule has 2 aromatic rings. The molecule has 0 aromatic carbocycles. The number of nitrogens with zero attached hydrogens (tertiary/aromatic N) is 4. The second-order valence-electron chi connectivity index (χ2n) is 4.92. The number of aromatic nitrogens is 4. The summed E-state index contributed by atoms with van der Waals surface area (Å²) in [6, 6.07) is 0. The van der Waals surface area contributed by atoms with E-state index < -0.39 is 35.7 Å². The van der Waals surface area contributed by atoms with Gasteiger partial charge in [0.15, 0.2) is 17.6 Å². The standard InChI is InChI=1S/C11H12F3N5O3/c12-11(13,14)7-6-8(15)16-3-17-9(6)19(18-7)10(21)5-1-4(20)2-22-5/h3-5,10,20-21H,1-2H2,(H2,15,16,17)/t4-,5+,10?/m0/s1. The number of fused-ring (bicyclic) bond motifs is 1. The maximum absolute atomic E-state index is 13.1. The van der Waals surface area contributed by atoms with E-state index in [0.29, 0.717) is 4.68 Å². The predicted octanol–water partition coefficient (Wildman–Crippen LogP) is 0.0680. The third kappa shape index (κ3) is 2.36. The molecule has 1 unspecified atom stereocenters. The summed E-state index contributed by atoms with van der Waals surface area (Å²) >= 11 is 0. The molecule has 2 aromatic heterocycles. The van der Waals surface area contributed by atoms with Crippen LogP contribution in [0.4, 0.5) is 19.0 Å². The van der Waals surface area contributed by atoms with Crippen LogP contribution in [0.2, 0.25) is 0 Å². The number of rotatable bonds is 2. The number of ether oxygens (including phenoxy) is 1. The lowest BCUT2D eigenvalue weighted by molar-refractivity contribution is -0.141. The Hall–Kier alpha value is -1.98. The van der Waals surface area contributed by atoms with Crippen molar-refractivity contribution in [2.75, 3.05) is 12.3 Å². The zero-order valence-electron chi connectivity index (χ0n) is 11.0. The molecular formula is C11H12F3N5O3. The van der Waals surface area contributed by atoms with Crippen LogP contribution in [-0.4, -0.2) is 48.8 Å². The molecule has 120 valence electrons. The highest BCUT2D eigenvalue weighted by atomic mass is 19.4. The molecule has 1 saturated heterocycles. The number of anilines is 1. The molecule has 0 saturated carbocycles. The molecule has 4 N–H and O–H groups in total. The number of nitrogens with two attached hydrogens (primary N) is 1. The maximum atomic E-state index is 13.1. The van der Waals surface area contributed by atoms with Gasteiger partial charge in [-0.2, -0.15) is 18.3 Å². The zero-order valence-corrected chi connectivity index (χ0v) is 11.0. The van der Waals surface area contributed by atoms with E-state index in [1.54, 1.807) is 0 Å². The van der Waals surface area contributed by atoms with Gasteiger partial charge in [-0.05, 0) is 0 Å². The maximum Gasteiger partial charge on any atom is 0.435 e. The summed E-state index contributed by atoms with van der Waals surface area (Å²) < 4.78 is 45.1. The summed E-state index contributed by atoms with van der Waals surface area (Å²) in [7, 11) is 0. The van der Waals surface area contributed by atoms with Crippen molar-refractivity contribution in [1.29, 1.82) is 0 Å². The molecule has 3 rings (SSSR count). The van der Waals surface area contributed by atoms with Crippen LogP contribution in [-0.2, 0) is 10.9 Å². The SMILES string of the molecule is Nc1ncnc2c1c(C(F)(F)F)nn2C(O)[C@H]1C[C@H](O)CO1. The van der Waals surface area contributed by atoms with Crippen molar-refractivity contribution in [2.45, 2.75) is 31.0 Å². The summed E-state index contributed by atoms with van der Waals surface area (Å²) in [5.74, 6) is -0.386. The quantitative estimate of drug-likeness (QED) is 0.716. The van der Waals surface area contributed by atoms with Crippen molar-refractivity contribution in [1.82, 2.24) is 19.7 Å². The normalized spacial score (nSPS) is 24.0. The number of halogens is 3. The van der Waals surface area contributed by atoms with Gasteiger partial charge in [-0.25, -0.2) is 14.6 Å². The Kier molecular flexibility index (Phi) is 3.42. The first-order chi connectivity index (χ1) is 10.3. The van der Waals surface area contributed by atoms with Crippen LogP contribution < -0.4 is 5.73 Å². The molecule has 11 heteroatoms. The Bertz CT molecular complexity index is 704. The Morgan fingerprint density at radius 3 is 2.73 bits per heavy atom. The van der Waals surface area contributed by atoms with Crippen LogP contribution in [0, 0.1) is 0 Å². The lowest BCUT2D eigenvalue weighted by Crippen LogP contribution is -2.25. The highest BCUT2D eigenvalue weighted by Crippen LogP contribution is 2.37. The van der Waals surface area contributed by atoms with Crippen LogP contribution in [0.15, 0.2) is 6.33 Å². The summed E-state index contributed by atoms with van der Waals surface area (Å²) in [5, 5.41) is 22.5. The summed E-state index contributed by atoms with van der Waals surface area (Å²) in [5.41, 5.74) is 3.95. The first-order valence-corrected chi connectivity index (χ1v) is 6.32. The molecule has 1 aliphatic rings. The van der Waals surface area contributed by atoms with E-state index in [0.717, 1.165) is 6.33 Å². The Labute approximate surface area is 121 Å². The molecule has 3 atom stereocenters. The Morgan fingerprint density at radius 1 is 1.41 bits per heavy atom. The summed E-state index contributed by atoms with van der Waals surface area (Å²) in [4.78, 5) is 7.24. The third-order valence-electron chi connectivity index (χ3n) is 3.38. The van der Waals surface area contributed by atoms with Crippen molar-refractivity contribution in [3.63, 3.8) is 0 Å². The van der Waals surface area contributed by atoms with Gasteiger partial charge in [0.05, 0.1) is 18.1 Å². The van der Waals surface area contributed by atoms with Gasteiger partial charge >= 0.3 is 6.18 Å². The number of aliphatic hydroxyl groups is 2. The van der Waals surface area contributed by atoms with E-state index in [4.69, 9.17) is 10.5 Å². The van der Waals surface area contributed by atoms with Gasteiger partial charge < -0.3 is 20.7 Å². The van der Waals surface area contributed by atoms with Gasteiger partial charge in [0.1, 0.15) is 18.2 Å². The fraction of sp³-hybridized carbons (Fsp3) is 0.545. The molecule has 0 amide bonds. The first-order valence-electron chi connectivity index (χ1n) is 6.32. The second-order valence-corrected chi connectivity index (χ2v) is 4.92. The van der Waals surface area contributed by atoms with Crippen LogP contribution in [0.1, 0.15) is 18.3 Å². The fourth-order valence-electron chi connectivity index (χ4n) is 2.38. The van der Waals surface area contributed by atoms with E-state index in [1.165, 1.54) is 0 Å². The molecule has 0 bridgehead atoms. The minimum absolute atomic E-state index is 0.00974. The van der Waals surface area contributed by atoms with Crippen molar-refractivity contribution in [3.05, 3.63) is 12.0 Å². The number of hydrogen-bond donors (Lipinski definition) is 3. The van der Waals surface area contributed by atoms with Gasteiger partial charge in [-0.15, -0.1) is 0 Å². The van der Waals surface area contributed by atoms with E-state index in [-0.39, 0.29) is 24.5 Å². The minimum atomic E-state index is -4.78. The lowest BCUT2D eigenvalue weighted by Gasteiger charge is -2.17. The van der Waals surface area contributed by atoms with Gasteiger partial charge in [-0.1, -0.05) is 0 Å². The monoisotopic (exact) mass is 319 g/mol. The number of aliphatic hydroxyl groups excluding tert-OH is 2. The van der Waals surface area contributed by atoms with Crippen molar-refractivity contribution in [3.8, 4) is 0 Å². The van der Waals surface area contributed by atoms with Gasteiger partial charge in [0.2, 0.25) is 0 Å². The first kappa shape index (κ1) is 14.9. The largest absolute Gasteiger partial charge is 0.435 e. The van der Waals surface area contributed by atoms with Gasteiger partial charge in [-0.3, -0.25) is 0 Å². The van der Waals surface area contributed by atoms with E-state index in [9.17, 15) is 23.4 Å². The van der Waals surface area contributed by atoms with Crippen LogP contribution in [0.25, 0.3) is 11.0 Å². The van der Waals surface area contributed by atoms with E-state index >= 15 is 0 Å². The van der Waals surface area contributed by atoms with E-state index in [2.05, 4.69) is 15.1 Å². The van der Waals surface area contributed by atoms with Gasteiger partial charge in [0, 0.05) is 6.42 Å². The predicted molar refractivity (Wildman–Crippen MR) is 66.4 cm³/mol. The number of hydrogen-bond acceptors (Lipinski definition) is 7. The Morgan fingerprint density at radius 2 is 2.14 bits per heavy atom. The molecule has 3 heterocycles. The zero-order chi connectivity index (χ0) is 16.1. The number of alkyl halides is 3. The second kappa shape index (κ2) is 5.04. The lowest BCUT2D eigenvalue weighted by atomic mass is 10.2. The Balaban J connectivity index is 2.12. The fourth-order valence-corrected chi connectivity index (χ4v) is 2.38. The van der Waals surface area contributed by atoms with Crippen LogP contribution >= 0.6 is 0 Å². The molecule has 22 heavy (non-hydrogen) atoms. The molecule has 8 nitrogen and oxygen atoms in total.